The van der Waals surface area contributed by atoms with Gasteiger partial charge in [0.15, 0.2) is 5.78 Å². The molecule has 5 fully saturated rings. The second-order valence-corrected chi connectivity index (χ2v) is 16.2. The van der Waals surface area contributed by atoms with Crippen LogP contribution < -0.4 is 0 Å². The number of likely N-dealkylation sites (tertiary alicyclic amines) is 1. The molecule has 1 spiro atoms. The van der Waals surface area contributed by atoms with E-state index in [0.29, 0.717) is 5.92 Å². The minimum atomic E-state index is -0.363. The lowest BCUT2D eigenvalue weighted by atomic mass is 9.32. The molecule has 6 aliphatic rings. The number of ketones is 1. The zero-order valence-electron chi connectivity index (χ0n) is 25.3. The largest absolute Gasteiger partial charge is 0.462 e. The van der Waals surface area contributed by atoms with Crippen LogP contribution in [0.5, 0.6) is 0 Å². The standard InChI is InChI=1S/C33H49NO4/c1-20(35)38-24-11-12-30(6)22(27(24,2)3)10-13-32(8)25(30)21(36)18-23-31(32,7)17-16-29(5)15-14-28(4)19-33(23,29)34(9)26(28)37/h18,22,24-25H,10-17,19H2,1-9H3/t22?,24-,25?,28-,29+,30-,31+,32+,33+/m0/s1. The number of carbonyl (C=O) groups is 3. The van der Waals surface area contributed by atoms with Crippen LogP contribution in [0.3, 0.4) is 0 Å². The number of allylic oxidation sites excluding steroid dienone is 1. The zero-order valence-corrected chi connectivity index (χ0v) is 25.3. The van der Waals surface area contributed by atoms with Gasteiger partial charge in [0.2, 0.25) is 5.91 Å². The molecule has 4 saturated carbocycles. The monoisotopic (exact) mass is 523 g/mol. The molecule has 2 unspecified atom stereocenters. The van der Waals surface area contributed by atoms with Gasteiger partial charge in [0.25, 0.3) is 0 Å². The van der Waals surface area contributed by atoms with Crippen molar-refractivity contribution < 1.29 is 19.1 Å². The lowest BCUT2D eigenvalue weighted by Crippen LogP contribution is -2.70. The summed E-state index contributed by atoms with van der Waals surface area (Å²) in [5, 5.41) is 0. The summed E-state index contributed by atoms with van der Waals surface area (Å²) in [7, 11) is 2.03. The summed E-state index contributed by atoms with van der Waals surface area (Å²) >= 11 is 0. The minimum absolute atomic E-state index is 0.00736. The molecule has 0 radical (unpaired) electrons. The summed E-state index contributed by atoms with van der Waals surface area (Å²) < 4.78 is 5.85. The SMILES string of the molecule is CC(=O)O[C@H]1CC[C@@]2(C)C(CC[C@]3(C)C2C(=O)C=C2[C@]45C[C@](C)(CC[C@]4(C)CC[C@]23C)C(=O)N5C)C1(C)C. The predicted octanol–water partition coefficient (Wildman–Crippen LogP) is 6.49. The van der Waals surface area contributed by atoms with Gasteiger partial charge in [-0.2, -0.15) is 0 Å². The third-order valence-electron chi connectivity index (χ3n) is 14.3. The Morgan fingerprint density at radius 2 is 1.58 bits per heavy atom. The first-order valence-corrected chi connectivity index (χ1v) is 15.2. The van der Waals surface area contributed by atoms with Gasteiger partial charge in [0.05, 0.1) is 5.54 Å². The predicted molar refractivity (Wildman–Crippen MR) is 147 cm³/mol. The fraction of sp³-hybridized carbons (Fsp3) is 0.848. The first-order valence-electron chi connectivity index (χ1n) is 15.2. The van der Waals surface area contributed by atoms with Crippen molar-refractivity contribution in [2.75, 3.05) is 7.05 Å². The van der Waals surface area contributed by atoms with Crippen molar-refractivity contribution in [3.05, 3.63) is 11.6 Å². The van der Waals surface area contributed by atoms with Crippen LogP contribution in [0, 0.1) is 44.3 Å². The molecule has 210 valence electrons. The van der Waals surface area contributed by atoms with Crippen LogP contribution in [0.1, 0.15) is 113 Å². The summed E-state index contributed by atoms with van der Waals surface area (Å²) in [4.78, 5) is 42.4. The van der Waals surface area contributed by atoms with E-state index in [1.165, 1.54) is 12.5 Å². The number of amides is 1. The number of ether oxygens (including phenoxy) is 1. The lowest BCUT2D eigenvalue weighted by Gasteiger charge is -2.72. The molecule has 38 heavy (non-hydrogen) atoms. The molecule has 1 amide bonds. The molecule has 6 rings (SSSR count). The Bertz CT molecular complexity index is 1170. The Balaban J connectivity index is 1.49. The highest BCUT2D eigenvalue weighted by Crippen LogP contribution is 2.77. The third-order valence-corrected chi connectivity index (χ3v) is 14.3. The molecule has 1 aliphatic heterocycles. The van der Waals surface area contributed by atoms with Gasteiger partial charge in [-0.1, -0.05) is 48.5 Å². The van der Waals surface area contributed by atoms with Crippen LogP contribution in [0.25, 0.3) is 0 Å². The maximum absolute atomic E-state index is 14.6. The van der Waals surface area contributed by atoms with E-state index in [9.17, 15) is 14.4 Å². The van der Waals surface area contributed by atoms with Crippen LogP contribution in [-0.2, 0) is 19.1 Å². The molecule has 0 aromatic carbocycles. The van der Waals surface area contributed by atoms with Crippen molar-refractivity contribution >= 4 is 17.7 Å². The van der Waals surface area contributed by atoms with Gasteiger partial charge in [0.1, 0.15) is 6.10 Å². The van der Waals surface area contributed by atoms with E-state index in [2.05, 4.69) is 59.4 Å². The number of hydrogen-bond donors (Lipinski definition) is 0. The van der Waals surface area contributed by atoms with Crippen LogP contribution >= 0.6 is 0 Å². The Hall–Kier alpha value is -1.65. The zero-order chi connectivity index (χ0) is 27.9. The van der Waals surface area contributed by atoms with Gasteiger partial charge in [-0.3, -0.25) is 14.4 Å². The summed E-state index contributed by atoms with van der Waals surface area (Å²) in [6.07, 6.45) is 10.8. The number of likely N-dealkylation sites (N-methyl/N-ethyl adjacent to an activating group) is 1. The Morgan fingerprint density at radius 3 is 2.24 bits per heavy atom. The fourth-order valence-corrected chi connectivity index (χ4v) is 12.1. The van der Waals surface area contributed by atoms with E-state index < -0.39 is 0 Å². The topological polar surface area (TPSA) is 63.7 Å². The van der Waals surface area contributed by atoms with Gasteiger partial charge >= 0.3 is 5.97 Å². The average molecular weight is 524 g/mol. The van der Waals surface area contributed by atoms with Gasteiger partial charge in [-0.15, -0.1) is 0 Å². The highest BCUT2D eigenvalue weighted by Gasteiger charge is 2.76. The third kappa shape index (κ3) is 2.73. The van der Waals surface area contributed by atoms with Crippen LogP contribution in [-0.4, -0.2) is 41.3 Å². The first kappa shape index (κ1) is 26.6. The van der Waals surface area contributed by atoms with Crippen LogP contribution in [0.2, 0.25) is 0 Å². The molecular formula is C33H49NO4. The van der Waals surface area contributed by atoms with E-state index in [-0.39, 0.29) is 67.7 Å². The highest BCUT2D eigenvalue weighted by atomic mass is 16.5. The van der Waals surface area contributed by atoms with Crippen LogP contribution in [0.15, 0.2) is 11.6 Å². The van der Waals surface area contributed by atoms with Crippen molar-refractivity contribution in [2.45, 2.75) is 125 Å². The molecule has 9 atom stereocenters. The minimum Gasteiger partial charge on any atom is -0.462 e. The molecule has 5 heteroatoms. The summed E-state index contributed by atoms with van der Waals surface area (Å²) in [6.45, 7) is 17.8. The molecule has 1 heterocycles. The average Bonchev–Trinajstić information content (AvgIpc) is 2.98. The van der Waals surface area contributed by atoms with Crippen molar-refractivity contribution in [1.82, 2.24) is 4.90 Å². The highest BCUT2D eigenvalue weighted by molar-refractivity contribution is 5.97. The molecule has 5 nitrogen and oxygen atoms in total. The second kappa shape index (κ2) is 7.35. The van der Waals surface area contributed by atoms with Gasteiger partial charge < -0.3 is 9.64 Å². The summed E-state index contributed by atoms with van der Waals surface area (Å²) in [6, 6.07) is 0. The number of fused-ring (bicyclic) bond motifs is 6. The van der Waals surface area contributed by atoms with E-state index in [4.69, 9.17) is 4.74 Å². The normalized spacial score (nSPS) is 52.8. The van der Waals surface area contributed by atoms with Crippen molar-refractivity contribution in [3.8, 4) is 0 Å². The Labute approximate surface area is 229 Å². The Kier molecular flexibility index (Phi) is 5.14. The fourth-order valence-electron chi connectivity index (χ4n) is 12.1. The van der Waals surface area contributed by atoms with Gasteiger partial charge in [-0.25, -0.2) is 0 Å². The van der Waals surface area contributed by atoms with Crippen LogP contribution in [0.4, 0.5) is 0 Å². The van der Waals surface area contributed by atoms with Crippen molar-refractivity contribution in [3.63, 3.8) is 0 Å². The quantitative estimate of drug-likeness (QED) is 0.368. The lowest BCUT2D eigenvalue weighted by molar-refractivity contribution is -0.212. The van der Waals surface area contributed by atoms with E-state index in [1.807, 2.05) is 7.05 Å². The molecule has 1 saturated heterocycles. The molecular weight excluding hydrogens is 474 g/mol. The summed E-state index contributed by atoms with van der Waals surface area (Å²) in [5.41, 5.74) is -0.0311. The van der Waals surface area contributed by atoms with Gasteiger partial charge in [-0.05, 0) is 97.0 Å². The molecule has 2 bridgehead atoms. The number of nitrogens with zero attached hydrogens (tertiary/aromatic N) is 1. The number of esters is 1. The van der Waals surface area contributed by atoms with Crippen molar-refractivity contribution in [1.29, 1.82) is 0 Å². The number of hydrogen-bond acceptors (Lipinski definition) is 4. The first-order chi connectivity index (χ1) is 17.4. The maximum atomic E-state index is 14.6. The molecule has 5 aliphatic carbocycles. The van der Waals surface area contributed by atoms with E-state index in [1.54, 1.807) is 0 Å². The van der Waals surface area contributed by atoms with E-state index in [0.717, 1.165) is 57.8 Å². The maximum Gasteiger partial charge on any atom is 0.302 e. The van der Waals surface area contributed by atoms with Gasteiger partial charge in [0, 0.05) is 30.7 Å². The number of rotatable bonds is 1. The molecule has 0 aromatic heterocycles. The smallest absolute Gasteiger partial charge is 0.302 e. The molecule has 0 N–H and O–H groups in total. The second-order valence-electron chi connectivity index (χ2n) is 16.2. The Morgan fingerprint density at radius 1 is 0.921 bits per heavy atom. The summed E-state index contributed by atoms with van der Waals surface area (Å²) in [5.74, 6) is 0.604. The van der Waals surface area contributed by atoms with E-state index >= 15 is 0 Å². The van der Waals surface area contributed by atoms with Crippen molar-refractivity contribution in [2.24, 2.45) is 44.3 Å². The number of carbonyl (C=O) groups excluding carboxylic acids is 3. The molecule has 0 aromatic rings.